The number of anilines is 1. The van der Waals surface area contributed by atoms with Crippen molar-refractivity contribution in [2.75, 3.05) is 4.90 Å². The standard InChI is InChI=1S/C23H19N3O3/c27-22(25-24-13-16-5-7-18(8-6-16)23(28)29)17-9-11-21(12-10-17)26-14-19-3-1-2-4-20(19)15-26/h1-13H,14-15H2,(H,25,27)(H,28,29)/p-1. The van der Waals surface area contributed by atoms with E-state index in [0.29, 0.717) is 11.1 Å². The van der Waals surface area contributed by atoms with Gasteiger partial charge < -0.3 is 14.8 Å². The van der Waals surface area contributed by atoms with Crippen LogP contribution < -0.4 is 15.4 Å². The maximum absolute atomic E-state index is 12.3. The number of benzene rings is 3. The number of amides is 1. The Kier molecular flexibility index (Phi) is 5.07. The van der Waals surface area contributed by atoms with Crippen molar-refractivity contribution in [2.45, 2.75) is 13.1 Å². The van der Waals surface area contributed by atoms with Crippen LogP contribution in [0, 0.1) is 0 Å². The number of hydrazone groups is 1. The van der Waals surface area contributed by atoms with Crippen LogP contribution in [0.25, 0.3) is 0 Å². The van der Waals surface area contributed by atoms with E-state index in [2.05, 4.69) is 27.6 Å². The summed E-state index contributed by atoms with van der Waals surface area (Å²) in [5.41, 5.74) is 7.47. The minimum atomic E-state index is -1.23. The summed E-state index contributed by atoms with van der Waals surface area (Å²) >= 11 is 0. The lowest BCUT2D eigenvalue weighted by atomic mass is 10.1. The van der Waals surface area contributed by atoms with Crippen LogP contribution in [0.15, 0.2) is 77.9 Å². The second kappa shape index (κ2) is 7.98. The van der Waals surface area contributed by atoms with E-state index in [1.165, 1.54) is 29.5 Å². The molecule has 0 spiro atoms. The first kappa shape index (κ1) is 18.4. The van der Waals surface area contributed by atoms with Gasteiger partial charge >= 0.3 is 0 Å². The topological polar surface area (TPSA) is 84.8 Å². The van der Waals surface area contributed by atoms with Gasteiger partial charge in [0.05, 0.1) is 12.2 Å². The Hall–Kier alpha value is -3.93. The minimum absolute atomic E-state index is 0.0902. The van der Waals surface area contributed by atoms with E-state index in [1.807, 2.05) is 24.3 Å². The maximum Gasteiger partial charge on any atom is 0.271 e. The Balaban J connectivity index is 1.35. The van der Waals surface area contributed by atoms with Crippen LogP contribution in [-0.4, -0.2) is 18.1 Å². The van der Waals surface area contributed by atoms with E-state index in [1.54, 1.807) is 24.3 Å². The van der Waals surface area contributed by atoms with E-state index in [4.69, 9.17) is 0 Å². The van der Waals surface area contributed by atoms with E-state index in [0.717, 1.165) is 18.8 Å². The first-order valence-corrected chi connectivity index (χ1v) is 9.17. The molecule has 0 bridgehead atoms. The zero-order chi connectivity index (χ0) is 20.2. The first-order valence-electron chi connectivity index (χ1n) is 9.17. The van der Waals surface area contributed by atoms with Gasteiger partial charge in [-0.05, 0) is 46.5 Å². The highest BCUT2D eigenvalue weighted by atomic mass is 16.4. The number of carbonyl (C=O) groups is 2. The summed E-state index contributed by atoms with van der Waals surface area (Å²) in [7, 11) is 0. The van der Waals surface area contributed by atoms with Crippen LogP contribution in [0.5, 0.6) is 0 Å². The summed E-state index contributed by atoms with van der Waals surface area (Å²) in [5, 5.41) is 14.7. The van der Waals surface area contributed by atoms with Crippen LogP contribution >= 0.6 is 0 Å². The highest BCUT2D eigenvalue weighted by Gasteiger charge is 2.18. The fourth-order valence-corrected chi connectivity index (χ4v) is 3.27. The lowest BCUT2D eigenvalue weighted by Gasteiger charge is -2.17. The molecular formula is C23H18N3O3-. The van der Waals surface area contributed by atoms with E-state index in [-0.39, 0.29) is 11.5 Å². The lowest BCUT2D eigenvalue weighted by molar-refractivity contribution is -0.255. The predicted molar refractivity (Wildman–Crippen MR) is 109 cm³/mol. The van der Waals surface area contributed by atoms with Gasteiger partial charge in [0.2, 0.25) is 0 Å². The molecule has 0 saturated carbocycles. The summed E-state index contributed by atoms with van der Waals surface area (Å²) in [6.07, 6.45) is 1.45. The van der Waals surface area contributed by atoms with E-state index >= 15 is 0 Å². The highest BCUT2D eigenvalue weighted by molar-refractivity contribution is 5.95. The molecule has 1 N–H and O–H groups in total. The quantitative estimate of drug-likeness (QED) is 0.540. The molecule has 0 fully saturated rings. The molecule has 6 nitrogen and oxygen atoms in total. The minimum Gasteiger partial charge on any atom is -0.545 e. The Labute approximate surface area is 168 Å². The van der Waals surface area contributed by atoms with Crippen molar-refractivity contribution in [1.29, 1.82) is 0 Å². The van der Waals surface area contributed by atoms with Gasteiger partial charge in [-0.1, -0.05) is 48.5 Å². The number of nitrogens with one attached hydrogen (secondary N) is 1. The summed E-state index contributed by atoms with van der Waals surface area (Å²) in [4.78, 5) is 25.3. The molecule has 1 amide bonds. The second-order valence-corrected chi connectivity index (χ2v) is 6.78. The van der Waals surface area contributed by atoms with Gasteiger partial charge in [-0.3, -0.25) is 4.79 Å². The van der Waals surface area contributed by atoms with Crippen LogP contribution in [0.3, 0.4) is 0 Å². The fraction of sp³-hybridized carbons (Fsp3) is 0.0870. The molecule has 0 aromatic heterocycles. The third kappa shape index (κ3) is 4.16. The zero-order valence-electron chi connectivity index (χ0n) is 15.5. The molecular weight excluding hydrogens is 366 g/mol. The molecule has 0 radical (unpaired) electrons. The monoisotopic (exact) mass is 384 g/mol. The van der Waals surface area contributed by atoms with Crippen molar-refractivity contribution < 1.29 is 14.7 Å². The molecule has 1 heterocycles. The molecule has 1 aliphatic rings. The van der Waals surface area contributed by atoms with Crippen molar-refractivity contribution in [2.24, 2.45) is 5.10 Å². The molecule has 6 heteroatoms. The lowest BCUT2D eigenvalue weighted by Crippen LogP contribution is -2.22. The third-order valence-electron chi connectivity index (χ3n) is 4.86. The second-order valence-electron chi connectivity index (χ2n) is 6.78. The molecule has 0 atom stereocenters. The van der Waals surface area contributed by atoms with Gasteiger partial charge in [0.25, 0.3) is 5.91 Å². The number of fused-ring (bicyclic) bond motifs is 1. The number of aromatic carboxylic acids is 1. The van der Waals surface area contributed by atoms with Crippen molar-refractivity contribution >= 4 is 23.8 Å². The number of carboxylic acids is 1. The molecule has 4 rings (SSSR count). The normalized spacial score (nSPS) is 12.8. The number of rotatable bonds is 5. The molecule has 3 aromatic carbocycles. The summed E-state index contributed by atoms with van der Waals surface area (Å²) in [5.74, 6) is -1.55. The number of hydrogen-bond acceptors (Lipinski definition) is 5. The van der Waals surface area contributed by atoms with Crippen LogP contribution in [0.2, 0.25) is 0 Å². The Morgan fingerprint density at radius 3 is 2.03 bits per heavy atom. The van der Waals surface area contributed by atoms with Crippen LogP contribution in [0.1, 0.15) is 37.4 Å². The average Bonchev–Trinajstić information content (AvgIpc) is 3.18. The maximum atomic E-state index is 12.3. The molecule has 144 valence electrons. The van der Waals surface area contributed by atoms with Crippen molar-refractivity contribution in [3.63, 3.8) is 0 Å². The van der Waals surface area contributed by atoms with Gasteiger partial charge in [0.1, 0.15) is 0 Å². The number of hydrogen-bond donors (Lipinski definition) is 1. The van der Waals surface area contributed by atoms with E-state index < -0.39 is 5.97 Å². The van der Waals surface area contributed by atoms with Crippen molar-refractivity contribution in [1.82, 2.24) is 5.43 Å². The number of carboxylic acid groups (broad SMARTS) is 1. The number of nitrogens with zero attached hydrogens (tertiary/aromatic N) is 2. The van der Waals surface area contributed by atoms with Crippen LogP contribution in [-0.2, 0) is 13.1 Å². The van der Waals surface area contributed by atoms with Gasteiger partial charge in [-0.2, -0.15) is 5.10 Å². The summed E-state index contributed by atoms with van der Waals surface area (Å²) < 4.78 is 0. The molecule has 0 saturated heterocycles. The Bertz CT molecular complexity index is 1050. The van der Waals surface area contributed by atoms with Crippen molar-refractivity contribution in [3.8, 4) is 0 Å². The summed E-state index contributed by atoms with van der Waals surface area (Å²) in [6.45, 7) is 1.73. The van der Waals surface area contributed by atoms with Crippen molar-refractivity contribution in [3.05, 3.63) is 101 Å². The Morgan fingerprint density at radius 2 is 1.45 bits per heavy atom. The molecule has 1 aliphatic heterocycles. The van der Waals surface area contributed by atoms with E-state index in [9.17, 15) is 14.7 Å². The smallest absolute Gasteiger partial charge is 0.271 e. The van der Waals surface area contributed by atoms with Crippen LogP contribution in [0.4, 0.5) is 5.69 Å². The molecule has 29 heavy (non-hydrogen) atoms. The van der Waals surface area contributed by atoms with Gasteiger partial charge in [0.15, 0.2) is 0 Å². The van der Waals surface area contributed by atoms with Gasteiger partial charge in [0, 0.05) is 24.3 Å². The molecule has 0 aliphatic carbocycles. The highest BCUT2D eigenvalue weighted by Crippen LogP contribution is 2.28. The largest absolute Gasteiger partial charge is 0.545 e. The Morgan fingerprint density at radius 1 is 0.862 bits per heavy atom. The fourth-order valence-electron chi connectivity index (χ4n) is 3.27. The molecule has 0 unspecified atom stereocenters. The SMILES string of the molecule is O=C([O-])c1ccc(C=NNC(=O)c2ccc(N3Cc4ccccc4C3)cc2)cc1. The first-order chi connectivity index (χ1) is 14.1. The average molecular weight is 384 g/mol. The number of carbonyl (C=O) groups excluding carboxylic acids is 2. The molecule has 3 aromatic rings. The third-order valence-corrected chi connectivity index (χ3v) is 4.86. The van der Waals surface area contributed by atoms with Gasteiger partial charge in [-0.15, -0.1) is 0 Å². The summed E-state index contributed by atoms with van der Waals surface area (Å²) in [6, 6.07) is 21.8. The predicted octanol–water partition coefficient (Wildman–Crippen LogP) is 2.33. The van der Waals surface area contributed by atoms with Gasteiger partial charge in [-0.25, -0.2) is 5.43 Å². The zero-order valence-corrected chi connectivity index (χ0v) is 15.5.